The first-order valence-electron chi connectivity index (χ1n) is 6.53. The third-order valence-electron chi connectivity index (χ3n) is 3.33. The third kappa shape index (κ3) is 3.19. The molecular weight excluding hydrogens is 218 g/mol. The van der Waals surface area contributed by atoms with Crippen LogP contribution in [0.5, 0.6) is 0 Å². The molecule has 2 fully saturated rings. The standard InChI is InChI=1S/C12H21N3O2/c1-2-13-8-11(16)15-7-3-4-10(15)12(17)14-9-5-6-9/h9-10,13H,2-8H2,1H3,(H,14,17). The van der Waals surface area contributed by atoms with Gasteiger partial charge in [0.15, 0.2) is 0 Å². The van der Waals surface area contributed by atoms with Crippen molar-refractivity contribution in [3.05, 3.63) is 0 Å². The Bertz CT molecular complexity index is 302. The molecule has 1 atom stereocenters. The molecule has 1 saturated carbocycles. The lowest BCUT2D eigenvalue weighted by Gasteiger charge is -2.24. The van der Waals surface area contributed by atoms with Crippen molar-refractivity contribution in [2.75, 3.05) is 19.6 Å². The first-order chi connectivity index (χ1) is 8.22. The van der Waals surface area contributed by atoms with Crippen molar-refractivity contribution in [1.82, 2.24) is 15.5 Å². The van der Waals surface area contributed by atoms with Crippen molar-refractivity contribution in [3.63, 3.8) is 0 Å². The highest BCUT2D eigenvalue weighted by atomic mass is 16.2. The van der Waals surface area contributed by atoms with Gasteiger partial charge in [0.25, 0.3) is 0 Å². The van der Waals surface area contributed by atoms with Crippen LogP contribution in [-0.4, -0.2) is 48.4 Å². The topological polar surface area (TPSA) is 61.4 Å². The highest BCUT2D eigenvalue weighted by Crippen LogP contribution is 2.22. The summed E-state index contributed by atoms with van der Waals surface area (Å²) in [5.74, 6) is 0.0788. The molecule has 1 aliphatic carbocycles. The van der Waals surface area contributed by atoms with Crippen molar-refractivity contribution < 1.29 is 9.59 Å². The van der Waals surface area contributed by atoms with E-state index in [0.717, 1.165) is 32.2 Å². The second-order valence-corrected chi connectivity index (χ2v) is 4.81. The van der Waals surface area contributed by atoms with Crippen molar-refractivity contribution in [2.45, 2.75) is 44.7 Å². The monoisotopic (exact) mass is 239 g/mol. The van der Waals surface area contributed by atoms with Gasteiger partial charge in [-0.15, -0.1) is 0 Å². The van der Waals surface area contributed by atoms with E-state index >= 15 is 0 Å². The van der Waals surface area contributed by atoms with Crippen LogP contribution >= 0.6 is 0 Å². The van der Waals surface area contributed by atoms with E-state index in [-0.39, 0.29) is 17.9 Å². The van der Waals surface area contributed by atoms with Crippen LogP contribution < -0.4 is 10.6 Å². The minimum absolute atomic E-state index is 0.0369. The molecule has 1 unspecified atom stereocenters. The van der Waals surface area contributed by atoms with E-state index < -0.39 is 0 Å². The molecule has 2 N–H and O–H groups in total. The Kier molecular flexibility index (Phi) is 3.99. The van der Waals surface area contributed by atoms with E-state index in [1.165, 1.54) is 0 Å². The number of nitrogens with one attached hydrogen (secondary N) is 2. The number of hydrogen-bond donors (Lipinski definition) is 2. The quantitative estimate of drug-likeness (QED) is 0.702. The Morgan fingerprint density at radius 2 is 2.06 bits per heavy atom. The first-order valence-corrected chi connectivity index (χ1v) is 6.53. The Morgan fingerprint density at radius 1 is 1.29 bits per heavy atom. The summed E-state index contributed by atoms with van der Waals surface area (Å²) in [4.78, 5) is 25.6. The fraction of sp³-hybridized carbons (Fsp3) is 0.833. The summed E-state index contributed by atoms with van der Waals surface area (Å²) in [7, 11) is 0. The summed E-state index contributed by atoms with van der Waals surface area (Å²) in [6, 6.07) is 0.135. The van der Waals surface area contributed by atoms with Crippen molar-refractivity contribution in [3.8, 4) is 0 Å². The molecule has 0 aromatic rings. The van der Waals surface area contributed by atoms with Crippen LogP contribution in [0.25, 0.3) is 0 Å². The summed E-state index contributed by atoms with van der Waals surface area (Å²) in [6.45, 7) is 3.80. The van der Waals surface area contributed by atoms with Gasteiger partial charge < -0.3 is 15.5 Å². The number of amides is 2. The predicted octanol–water partition coefficient (Wildman–Crippen LogP) is -0.134. The number of likely N-dealkylation sites (N-methyl/N-ethyl adjacent to an activating group) is 1. The molecule has 2 rings (SSSR count). The van der Waals surface area contributed by atoms with Crippen LogP contribution in [0.4, 0.5) is 0 Å². The van der Waals surface area contributed by atoms with E-state index in [0.29, 0.717) is 19.1 Å². The largest absolute Gasteiger partial charge is 0.352 e. The van der Waals surface area contributed by atoms with Crippen LogP contribution in [0.15, 0.2) is 0 Å². The summed E-state index contributed by atoms with van der Waals surface area (Å²) >= 11 is 0. The Labute approximate surface area is 102 Å². The molecule has 1 heterocycles. The number of rotatable bonds is 5. The lowest BCUT2D eigenvalue weighted by atomic mass is 10.2. The normalized spacial score (nSPS) is 23.8. The summed E-state index contributed by atoms with van der Waals surface area (Å²) in [6.07, 6.45) is 3.91. The van der Waals surface area contributed by atoms with Crippen molar-refractivity contribution >= 4 is 11.8 Å². The van der Waals surface area contributed by atoms with Gasteiger partial charge in [0.2, 0.25) is 11.8 Å². The SMILES string of the molecule is CCNCC(=O)N1CCCC1C(=O)NC1CC1. The van der Waals surface area contributed by atoms with Crippen LogP contribution in [0, 0.1) is 0 Å². The van der Waals surface area contributed by atoms with Gasteiger partial charge in [-0.05, 0) is 32.2 Å². The molecule has 2 amide bonds. The zero-order valence-electron chi connectivity index (χ0n) is 10.4. The Morgan fingerprint density at radius 3 is 2.71 bits per heavy atom. The zero-order chi connectivity index (χ0) is 12.3. The molecule has 0 aromatic heterocycles. The molecule has 0 radical (unpaired) electrons. The smallest absolute Gasteiger partial charge is 0.243 e. The van der Waals surface area contributed by atoms with Gasteiger partial charge in [-0.3, -0.25) is 9.59 Å². The average molecular weight is 239 g/mol. The molecule has 5 nitrogen and oxygen atoms in total. The van der Waals surface area contributed by atoms with Gasteiger partial charge in [-0.1, -0.05) is 6.92 Å². The van der Waals surface area contributed by atoms with E-state index in [1.807, 2.05) is 6.92 Å². The minimum Gasteiger partial charge on any atom is -0.352 e. The predicted molar refractivity (Wildman–Crippen MR) is 64.4 cm³/mol. The van der Waals surface area contributed by atoms with Crippen LogP contribution in [0.1, 0.15) is 32.6 Å². The van der Waals surface area contributed by atoms with Crippen molar-refractivity contribution in [1.29, 1.82) is 0 Å². The maximum Gasteiger partial charge on any atom is 0.243 e. The van der Waals surface area contributed by atoms with Crippen molar-refractivity contribution in [2.24, 2.45) is 0 Å². The second-order valence-electron chi connectivity index (χ2n) is 4.81. The highest BCUT2D eigenvalue weighted by Gasteiger charge is 2.35. The molecule has 1 aliphatic heterocycles. The number of carbonyl (C=O) groups excluding carboxylic acids is 2. The van der Waals surface area contributed by atoms with E-state index in [2.05, 4.69) is 10.6 Å². The van der Waals surface area contributed by atoms with E-state index in [9.17, 15) is 9.59 Å². The molecule has 96 valence electrons. The first kappa shape index (κ1) is 12.4. The maximum atomic E-state index is 12.0. The van der Waals surface area contributed by atoms with Crippen LogP contribution in [0.3, 0.4) is 0 Å². The number of nitrogens with zero attached hydrogens (tertiary/aromatic N) is 1. The fourth-order valence-electron chi connectivity index (χ4n) is 2.20. The number of carbonyl (C=O) groups is 2. The highest BCUT2D eigenvalue weighted by molar-refractivity contribution is 5.89. The average Bonchev–Trinajstić information content (AvgIpc) is 2.98. The van der Waals surface area contributed by atoms with E-state index in [1.54, 1.807) is 4.90 Å². The van der Waals surface area contributed by atoms with Gasteiger partial charge in [-0.25, -0.2) is 0 Å². The maximum absolute atomic E-state index is 12.0. The van der Waals surface area contributed by atoms with E-state index in [4.69, 9.17) is 0 Å². The lowest BCUT2D eigenvalue weighted by Crippen LogP contribution is -2.48. The minimum atomic E-state index is -0.234. The fourth-order valence-corrected chi connectivity index (χ4v) is 2.20. The molecular formula is C12H21N3O2. The number of likely N-dealkylation sites (tertiary alicyclic amines) is 1. The van der Waals surface area contributed by atoms with Gasteiger partial charge in [0.05, 0.1) is 6.54 Å². The Balaban J connectivity index is 1.86. The van der Waals surface area contributed by atoms with Gasteiger partial charge in [-0.2, -0.15) is 0 Å². The lowest BCUT2D eigenvalue weighted by molar-refractivity contribution is -0.137. The van der Waals surface area contributed by atoms with Gasteiger partial charge >= 0.3 is 0 Å². The van der Waals surface area contributed by atoms with Gasteiger partial charge in [0.1, 0.15) is 6.04 Å². The molecule has 2 aliphatic rings. The molecule has 17 heavy (non-hydrogen) atoms. The van der Waals surface area contributed by atoms with Gasteiger partial charge in [0, 0.05) is 12.6 Å². The second kappa shape index (κ2) is 5.49. The molecule has 5 heteroatoms. The molecule has 0 spiro atoms. The molecule has 0 aromatic carbocycles. The summed E-state index contributed by atoms with van der Waals surface area (Å²) in [5, 5.41) is 6.00. The summed E-state index contributed by atoms with van der Waals surface area (Å²) < 4.78 is 0. The molecule has 1 saturated heterocycles. The van der Waals surface area contributed by atoms with Crippen LogP contribution in [0.2, 0.25) is 0 Å². The number of hydrogen-bond acceptors (Lipinski definition) is 3. The zero-order valence-corrected chi connectivity index (χ0v) is 10.4. The third-order valence-corrected chi connectivity index (χ3v) is 3.33. The molecule has 0 bridgehead atoms. The summed E-state index contributed by atoms with van der Waals surface area (Å²) in [5.41, 5.74) is 0. The van der Waals surface area contributed by atoms with Crippen LogP contribution in [-0.2, 0) is 9.59 Å². The Hall–Kier alpha value is -1.10.